The van der Waals surface area contributed by atoms with Gasteiger partial charge in [-0.15, -0.1) is 0 Å². The van der Waals surface area contributed by atoms with E-state index >= 15 is 0 Å². The van der Waals surface area contributed by atoms with E-state index < -0.39 is 0 Å². The Morgan fingerprint density at radius 2 is 1.85 bits per heavy atom. The number of amides is 2. The Kier molecular flexibility index (Phi) is 4.98. The van der Waals surface area contributed by atoms with Gasteiger partial charge in [-0.2, -0.15) is 0 Å². The lowest BCUT2D eigenvalue weighted by atomic mass is 9.83. The van der Waals surface area contributed by atoms with Crippen molar-refractivity contribution in [3.05, 3.63) is 29.8 Å². The molecule has 1 aromatic rings. The molecule has 20 heavy (non-hydrogen) atoms. The Bertz CT molecular complexity index is 467. The van der Waals surface area contributed by atoms with Gasteiger partial charge in [-0.05, 0) is 36.6 Å². The molecule has 4 N–H and O–H groups in total. The van der Waals surface area contributed by atoms with Gasteiger partial charge in [0, 0.05) is 17.8 Å². The summed E-state index contributed by atoms with van der Waals surface area (Å²) in [6.07, 6.45) is 4.92. The normalized spacial score (nSPS) is 14.4. The summed E-state index contributed by atoms with van der Waals surface area (Å²) in [6, 6.07) is 6.60. The van der Waals surface area contributed by atoms with E-state index in [2.05, 4.69) is 10.6 Å². The summed E-state index contributed by atoms with van der Waals surface area (Å²) in [4.78, 5) is 23.3. The monoisotopic (exact) mass is 275 g/mol. The zero-order chi connectivity index (χ0) is 14.4. The standard InChI is InChI=1S/C15H21N3O2/c16-13-6-4-12(5-7-13)15(20)18-10-14(19)17-9-8-11-2-1-3-11/h4-7,11H,1-3,8-10,16H2,(H,17,19)(H,18,20). The van der Waals surface area contributed by atoms with Crippen LogP contribution in [0.25, 0.3) is 0 Å². The molecule has 0 aliphatic heterocycles. The van der Waals surface area contributed by atoms with Gasteiger partial charge in [-0.1, -0.05) is 19.3 Å². The zero-order valence-electron chi connectivity index (χ0n) is 11.5. The maximum Gasteiger partial charge on any atom is 0.251 e. The van der Waals surface area contributed by atoms with E-state index in [0.717, 1.165) is 12.3 Å². The third kappa shape index (κ3) is 4.26. The molecule has 108 valence electrons. The summed E-state index contributed by atoms with van der Waals surface area (Å²) in [5, 5.41) is 5.42. The van der Waals surface area contributed by atoms with E-state index in [9.17, 15) is 9.59 Å². The average Bonchev–Trinajstić information content (AvgIpc) is 2.39. The summed E-state index contributed by atoms with van der Waals surface area (Å²) < 4.78 is 0. The van der Waals surface area contributed by atoms with Crippen LogP contribution in [0.15, 0.2) is 24.3 Å². The summed E-state index contributed by atoms with van der Waals surface area (Å²) in [5.41, 5.74) is 6.66. The molecule has 0 radical (unpaired) electrons. The molecule has 0 saturated heterocycles. The van der Waals surface area contributed by atoms with Gasteiger partial charge < -0.3 is 16.4 Å². The van der Waals surface area contributed by atoms with Crippen LogP contribution in [0.3, 0.4) is 0 Å². The molecule has 5 nitrogen and oxygen atoms in total. The number of nitrogens with two attached hydrogens (primary N) is 1. The van der Waals surface area contributed by atoms with E-state index in [-0.39, 0.29) is 18.4 Å². The highest BCUT2D eigenvalue weighted by Crippen LogP contribution is 2.28. The topological polar surface area (TPSA) is 84.2 Å². The Morgan fingerprint density at radius 3 is 2.45 bits per heavy atom. The van der Waals surface area contributed by atoms with Crippen LogP contribution in [0.4, 0.5) is 5.69 Å². The molecule has 0 heterocycles. The van der Waals surface area contributed by atoms with Crippen molar-refractivity contribution in [1.29, 1.82) is 0 Å². The van der Waals surface area contributed by atoms with Crippen molar-refractivity contribution in [2.24, 2.45) is 5.92 Å². The number of nitrogens with one attached hydrogen (secondary N) is 2. The molecule has 1 aliphatic carbocycles. The molecule has 1 aromatic carbocycles. The Balaban J connectivity index is 1.64. The predicted octanol–water partition coefficient (Wildman–Crippen LogP) is 1.30. The largest absolute Gasteiger partial charge is 0.399 e. The lowest BCUT2D eigenvalue weighted by molar-refractivity contribution is -0.120. The highest BCUT2D eigenvalue weighted by Gasteiger charge is 2.16. The Morgan fingerprint density at radius 1 is 1.15 bits per heavy atom. The molecule has 0 aromatic heterocycles. The second-order valence-electron chi connectivity index (χ2n) is 5.24. The van der Waals surface area contributed by atoms with E-state index in [0.29, 0.717) is 17.8 Å². The SMILES string of the molecule is Nc1ccc(C(=O)NCC(=O)NCCC2CCC2)cc1. The first-order chi connectivity index (χ1) is 9.65. The summed E-state index contributed by atoms with van der Waals surface area (Å²) in [5.74, 6) is 0.368. The van der Waals surface area contributed by atoms with Gasteiger partial charge in [0.2, 0.25) is 5.91 Å². The summed E-state index contributed by atoms with van der Waals surface area (Å²) in [6.45, 7) is 0.703. The molecular weight excluding hydrogens is 254 g/mol. The number of carbonyl (C=O) groups excluding carboxylic acids is 2. The summed E-state index contributed by atoms with van der Waals surface area (Å²) in [7, 11) is 0. The second-order valence-corrected chi connectivity index (χ2v) is 5.24. The van der Waals surface area contributed by atoms with E-state index in [1.807, 2.05) is 0 Å². The lowest BCUT2D eigenvalue weighted by Crippen LogP contribution is -2.37. The fourth-order valence-electron chi connectivity index (χ4n) is 2.16. The second kappa shape index (κ2) is 6.93. The van der Waals surface area contributed by atoms with Crippen LogP contribution in [0, 0.1) is 5.92 Å². The third-order valence-electron chi connectivity index (χ3n) is 3.68. The Hall–Kier alpha value is -2.04. The highest BCUT2D eigenvalue weighted by atomic mass is 16.2. The van der Waals surface area contributed by atoms with Gasteiger partial charge in [0.1, 0.15) is 0 Å². The number of benzene rings is 1. The van der Waals surface area contributed by atoms with Crippen molar-refractivity contribution >= 4 is 17.5 Å². The summed E-state index contributed by atoms with van der Waals surface area (Å²) >= 11 is 0. The van der Waals surface area contributed by atoms with Crippen LogP contribution in [0.5, 0.6) is 0 Å². The van der Waals surface area contributed by atoms with Gasteiger partial charge in [0.05, 0.1) is 6.54 Å². The van der Waals surface area contributed by atoms with Crippen LogP contribution in [0.1, 0.15) is 36.0 Å². The predicted molar refractivity (Wildman–Crippen MR) is 78.2 cm³/mol. The van der Waals surface area contributed by atoms with Crippen LogP contribution in [-0.4, -0.2) is 24.9 Å². The molecule has 0 atom stereocenters. The molecule has 0 spiro atoms. The van der Waals surface area contributed by atoms with Crippen LogP contribution >= 0.6 is 0 Å². The molecule has 1 fully saturated rings. The Labute approximate surface area is 118 Å². The molecule has 1 aliphatic rings. The minimum atomic E-state index is -0.265. The number of hydrogen-bond donors (Lipinski definition) is 3. The smallest absolute Gasteiger partial charge is 0.251 e. The highest BCUT2D eigenvalue weighted by molar-refractivity contribution is 5.96. The quantitative estimate of drug-likeness (QED) is 0.684. The zero-order valence-corrected chi connectivity index (χ0v) is 11.5. The van der Waals surface area contributed by atoms with Crippen molar-refractivity contribution in [2.45, 2.75) is 25.7 Å². The number of anilines is 1. The van der Waals surface area contributed by atoms with Crippen molar-refractivity contribution < 1.29 is 9.59 Å². The number of carbonyl (C=O) groups is 2. The maximum atomic E-state index is 11.8. The fourth-order valence-corrected chi connectivity index (χ4v) is 2.16. The first-order valence-corrected chi connectivity index (χ1v) is 7.05. The first-order valence-electron chi connectivity index (χ1n) is 7.05. The number of rotatable bonds is 6. The van der Waals surface area contributed by atoms with Gasteiger partial charge in [0.15, 0.2) is 0 Å². The fraction of sp³-hybridized carbons (Fsp3) is 0.467. The van der Waals surface area contributed by atoms with Crippen molar-refractivity contribution in [3.63, 3.8) is 0 Å². The molecule has 0 bridgehead atoms. The molecular formula is C15H21N3O2. The molecule has 2 rings (SSSR count). The molecule has 1 saturated carbocycles. The minimum Gasteiger partial charge on any atom is -0.399 e. The third-order valence-corrected chi connectivity index (χ3v) is 3.68. The van der Waals surface area contributed by atoms with Crippen molar-refractivity contribution in [2.75, 3.05) is 18.8 Å². The van der Waals surface area contributed by atoms with Crippen molar-refractivity contribution in [1.82, 2.24) is 10.6 Å². The van der Waals surface area contributed by atoms with Gasteiger partial charge in [-0.25, -0.2) is 0 Å². The van der Waals surface area contributed by atoms with E-state index in [4.69, 9.17) is 5.73 Å². The van der Waals surface area contributed by atoms with Crippen LogP contribution in [0.2, 0.25) is 0 Å². The van der Waals surface area contributed by atoms with Gasteiger partial charge in [-0.3, -0.25) is 9.59 Å². The molecule has 0 unspecified atom stereocenters. The minimum absolute atomic E-state index is 0.00781. The average molecular weight is 275 g/mol. The van der Waals surface area contributed by atoms with Crippen molar-refractivity contribution in [3.8, 4) is 0 Å². The van der Waals surface area contributed by atoms with E-state index in [1.165, 1.54) is 19.3 Å². The number of nitrogen functional groups attached to an aromatic ring is 1. The van der Waals surface area contributed by atoms with Crippen LogP contribution in [-0.2, 0) is 4.79 Å². The van der Waals surface area contributed by atoms with Crippen LogP contribution < -0.4 is 16.4 Å². The van der Waals surface area contributed by atoms with E-state index in [1.54, 1.807) is 24.3 Å². The van der Waals surface area contributed by atoms with Gasteiger partial charge in [0.25, 0.3) is 5.91 Å². The lowest BCUT2D eigenvalue weighted by Gasteiger charge is -2.25. The molecule has 5 heteroatoms. The molecule has 2 amide bonds. The first kappa shape index (κ1) is 14.4. The number of hydrogen-bond acceptors (Lipinski definition) is 3. The maximum absolute atomic E-state index is 11.8. The van der Waals surface area contributed by atoms with Gasteiger partial charge >= 0.3 is 0 Å².